The molecule has 3 N–H and O–H groups in total. The number of piperidine rings is 1. The predicted octanol–water partition coefficient (Wildman–Crippen LogP) is 2.94. The fraction of sp³-hybridized carbons (Fsp3) is 0.600. The van der Waals surface area contributed by atoms with Crippen LogP contribution in [-0.4, -0.2) is 29.6 Å². The number of hydrogen-bond acceptors (Lipinski definition) is 3. The second-order valence-corrected chi connectivity index (χ2v) is 6.16. The van der Waals surface area contributed by atoms with Crippen LogP contribution >= 0.6 is 0 Å². The Labute approximate surface area is 110 Å². The highest BCUT2D eigenvalue weighted by Gasteiger charge is 2.26. The molecule has 0 aliphatic carbocycles. The van der Waals surface area contributed by atoms with E-state index in [1.165, 1.54) is 12.8 Å². The number of nitrogens with zero attached hydrogens (tertiary/aromatic N) is 1. The molecule has 2 rings (SSSR count). The van der Waals surface area contributed by atoms with Crippen LogP contribution in [0, 0.1) is 0 Å². The van der Waals surface area contributed by atoms with Gasteiger partial charge >= 0.3 is 0 Å². The van der Waals surface area contributed by atoms with E-state index in [0.717, 1.165) is 24.5 Å². The van der Waals surface area contributed by atoms with Gasteiger partial charge in [-0.3, -0.25) is 4.90 Å². The van der Waals surface area contributed by atoms with Crippen molar-refractivity contribution in [2.24, 2.45) is 0 Å². The van der Waals surface area contributed by atoms with Crippen molar-refractivity contribution in [3.63, 3.8) is 0 Å². The van der Waals surface area contributed by atoms with Crippen LogP contribution < -0.4 is 11.1 Å². The number of hydrogen-bond donors (Lipinski definition) is 2. The van der Waals surface area contributed by atoms with Crippen molar-refractivity contribution < 1.29 is 0 Å². The normalized spacial score (nSPS) is 18.8. The van der Waals surface area contributed by atoms with E-state index >= 15 is 0 Å². The van der Waals surface area contributed by atoms with Gasteiger partial charge in [-0.2, -0.15) is 0 Å². The molecule has 1 heterocycles. The van der Waals surface area contributed by atoms with Gasteiger partial charge in [0.2, 0.25) is 0 Å². The molecular weight excluding hydrogens is 222 g/mol. The molecule has 1 aliphatic rings. The van der Waals surface area contributed by atoms with E-state index in [2.05, 4.69) is 37.1 Å². The zero-order valence-electron chi connectivity index (χ0n) is 11.7. The lowest BCUT2D eigenvalue weighted by atomic mass is 9.98. The SMILES string of the molecule is CC(C)(C)N1CCC(Nc2ccccc2N)CC1. The van der Waals surface area contributed by atoms with E-state index < -0.39 is 0 Å². The number of anilines is 2. The summed E-state index contributed by atoms with van der Waals surface area (Å²) in [6.45, 7) is 9.18. The molecule has 3 nitrogen and oxygen atoms in total. The molecule has 0 aromatic heterocycles. The number of nitrogen functional groups attached to an aromatic ring is 1. The van der Waals surface area contributed by atoms with E-state index in [1.54, 1.807) is 0 Å². The summed E-state index contributed by atoms with van der Waals surface area (Å²) in [5, 5.41) is 3.57. The molecule has 1 saturated heterocycles. The molecule has 1 fully saturated rings. The molecular formula is C15H25N3. The maximum absolute atomic E-state index is 5.96. The minimum atomic E-state index is 0.288. The number of para-hydroxylation sites is 2. The van der Waals surface area contributed by atoms with Crippen molar-refractivity contribution in [2.75, 3.05) is 24.1 Å². The van der Waals surface area contributed by atoms with Gasteiger partial charge < -0.3 is 11.1 Å². The molecule has 1 aromatic rings. The summed E-state index contributed by atoms with van der Waals surface area (Å²) < 4.78 is 0. The predicted molar refractivity (Wildman–Crippen MR) is 78.8 cm³/mol. The number of nitrogens with two attached hydrogens (primary N) is 1. The number of rotatable bonds is 2. The van der Waals surface area contributed by atoms with Crippen LogP contribution in [0.25, 0.3) is 0 Å². The summed E-state index contributed by atoms with van der Waals surface area (Å²) in [6.07, 6.45) is 2.37. The quantitative estimate of drug-likeness (QED) is 0.790. The smallest absolute Gasteiger partial charge is 0.0576 e. The monoisotopic (exact) mass is 247 g/mol. The Hall–Kier alpha value is -1.22. The summed E-state index contributed by atoms with van der Waals surface area (Å²) >= 11 is 0. The fourth-order valence-corrected chi connectivity index (χ4v) is 2.54. The Bertz CT molecular complexity index is 387. The molecule has 1 aliphatic heterocycles. The van der Waals surface area contributed by atoms with Gasteiger partial charge in [0.05, 0.1) is 11.4 Å². The van der Waals surface area contributed by atoms with Crippen molar-refractivity contribution in [1.29, 1.82) is 0 Å². The van der Waals surface area contributed by atoms with Crippen molar-refractivity contribution in [3.05, 3.63) is 24.3 Å². The lowest BCUT2D eigenvalue weighted by molar-refractivity contribution is 0.106. The van der Waals surface area contributed by atoms with Crippen molar-refractivity contribution in [3.8, 4) is 0 Å². The third-order valence-electron chi connectivity index (χ3n) is 3.76. The van der Waals surface area contributed by atoms with Crippen LogP contribution in [0.1, 0.15) is 33.6 Å². The lowest BCUT2D eigenvalue weighted by Crippen LogP contribution is -2.48. The fourth-order valence-electron chi connectivity index (χ4n) is 2.54. The van der Waals surface area contributed by atoms with Gasteiger partial charge in [0, 0.05) is 24.7 Å². The molecule has 1 aromatic carbocycles. The van der Waals surface area contributed by atoms with Crippen LogP contribution in [0.2, 0.25) is 0 Å². The van der Waals surface area contributed by atoms with Crippen molar-refractivity contribution in [2.45, 2.75) is 45.2 Å². The molecule has 0 saturated carbocycles. The first-order valence-corrected chi connectivity index (χ1v) is 6.83. The van der Waals surface area contributed by atoms with Gasteiger partial charge in [-0.05, 0) is 45.7 Å². The minimum absolute atomic E-state index is 0.288. The summed E-state index contributed by atoms with van der Waals surface area (Å²) in [5.41, 5.74) is 8.17. The second-order valence-electron chi connectivity index (χ2n) is 6.16. The van der Waals surface area contributed by atoms with Crippen LogP contribution in [0.3, 0.4) is 0 Å². The first kappa shape index (κ1) is 13.2. The molecule has 0 amide bonds. The van der Waals surface area contributed by atoms with Gasteiger partial charge in [0.15, 0.2) is 0 Å². The number of benzene rings is 1. The highest BCUT2D eigenvalue weighted by Crippen LogP contribution is 2.24. The van der Waals surface area contributed by atoms with Gasteiger partial charge in [0.1, 0.15) is 0 Å². The zero-order chi connectivity index (χ0) is 13.2. The Morgan fingerprint density at radius 2 is 1.78 bits per heavy atom. The van der Waals surface area contributed by atoms with Crippen LogP contribution in [0.4, 0.5) is 11.4 Å². The Kier molecular flexibility index (Phi) is 3.81. The van der Waals surface area contributed by atoms with Gasteiger partial charge in [-0.1, -0.05) is 12.1 Å². The minimum Gasteiger partial charge on any atom is -0.397 e. The summed E-state index contributed by atoms with van der Waals surface area (Å²) in [7, 11) is 0. The third-order valence-corrected chi connectivity index (χ3v) is 3.76. The molecule has 18 heavy (non-hydrogen) atoms. The van der Waals surface area contributed by atoms with Gasteiger partial charge in [-0.15, -0.1) is 0 Å². The third kappa shape index (κ3) is 3.16. The maximum Gasteiger partial charge on any atom is 0.0576 e. The second kappa shape index (κ2) is 5.19. The highest BCUT2D eigenvalue weighted by atomic mass is 15.2. The molecule has 100 valence electrons. The molecule has 0 bridgehead atoms. The summed E-state index contributed by atoms with van der Waals surface area (Å²) in [5.74, 6) is 0. The van der Waals surface area contributed by atoms with E-state index in [-0.39, 0.29) is 5.54 Å². The summed E-state index contributed by atoms with van der Waals surface area (Å²) in [4.78, 5) is 2.56. The van der Waals surface area contributed by atoms with Gasteiger partial charge in [0.25, 0.3) is 0 Å². The van der Waals surface area contributed by atoms with Crippen molar-refractivity contribution >= 4 is 11.4 Å². The first-order valence-electron chi connectivity index (χ1n) is 6.83. The van der Waals surface area contributed by atoms with Crippen molar-refractivity contribution in [1.82, 2.24) is 4.90 Å². The zero-order valence-corrected chi connectivity index (χ0v) is 11.7. The first-order chi connectivity index (χ1) is 8.47. The maximum atomic E-state index is 5.96. The lowest BCUT2D eigenvalue weighted by Gasteiger charge is -2.41. The van der Waals surface area contributed by atoms with Gasteiger partial charge in [-0.25, -0.2) is 0 Å². The Balaban J connectivity index is 1.90. The largest absolute Gasteiger partial charge is 0.397 e. The average molecular weight is 247 g/mol. The molecule has 3 heteroatoms. The Morgan fingerprint density at radius 3 is 2.33 bits per heavy atom. The molecule has 0 atom stereocenters. The standard InChI is InChI=1S/C15H25N3/c1-15(2,3)18-10-8-12(9-11-18)17-14-7-5-4-6-13(14)16/h4-7,12,17H,8-11,16H2,1-3H3. The average Bonchev–Trinajstić information content (AvgIpc) is 2.32. The van der Waals surface area contributed by atoms with E-state index in [0.29, 0.717) is 6.04 Å². The topological polar surface area (TPSA) is 41.3 Å². The molecule has 0 radical (unpaired) electrons. The van der Waals surface area contributed by atoms with Crippen LogP contribution in [-0.2, 0) is 0 Å². The molecule has 0 unspecified atom stereocenters. The highest BCUT2D eigenvalue weighted by molar-refractivity contribution is 5.65. The number of nitrogens with one attached hydrogen (secondary N) is 1. The van der Waals surface area contributed by atoms with E-state index in [4.69, 9.17) is 5.73 Å². The Morgan fingerprint density at radius 1 is 1.17 bits per heavy atom. The van der Waals surface area contributed by atoms with Crippen LogP contribution in [0.5, 0.6) is 0 Å². The number of likely N-dealkylation sites (tertiary alicyclic amines) is 1. The van der Waals surface area contributed by atoms with E-state index in [1.807, 2.05) is 18.2 Å². The van der Waals surface area contributed by atoms with E-state index in [9.17, 15) is 0 Å². The summed E-state index contributed by atoms with van der Waals surface area (Å²) in [6, 6.07) is 8.57. The molecule has 0 spiro atoms. The van der Waals surface area contributed by atoms with Crippen LogP contribution in [0.15, 0.2) is 24.3 Å².